The molecule has 2 aliphatic heterocycles. The van der Waals surface area contributed by atoms with Crippen LogP contribution >= 0.6 is 35.6 Å². The molecule has 1 saturated heterocycles. The van der Waals surface area contributed by atoms with Gasteiger partial charge in [-0.25, -0.2) is 8.42 Å². The molecule has 0 bridgehead atoms. The summed E-state index contributed by atoms with van der Waals surface area (Å²) in [5.74, 6) is -0.725. The molecule has 1 aromatic carbocycles. The van der Waals surface area contributed by atoms with E-state index >= 15 is 0 Å². The third-order valence-electron chi connectivity index (χ3n) is 3.88. The third kappa shape index (κ3) is 5.19. The second-order valence-corrected chi connectivity index (χ2v) is 10.0. The van der Waals surface area contributed by atoms with Crippen molar-refractivity contribution < 1.29 is 18.0 Å². The van der Waals surface area contributed by atoms with Crippen LogP contribution in [0.15, 0.2) is 40.7 Å². The van der Waals surface area contributed by atoms with E-state index in [9.17, 15) is 18.0 Å². The lowest BCUT2D eigenvalue weighted by atomic mass is 10.2. The van der Waals surface area contributed by atoms with Gasteiger partial charge in [0.05, 0.1) is 16.7 Å². The van der Waals surface area contributed by atoms with Crippen molar-refractivity contribution in [3.63, 3.8) is 0 Å². The van der Waals surface area contributed by atoms with Gasteiger partial charge in [0.2, 0.25) is 5.91 Å². The van der Waals surface area contributed by atoms with Gasteiger partial charge in [-0.1, -0.05) is 47.7 Å². The van der Waals surface area contributed by atoms with E-state index in [1.807, 2.05) is 0 Å². The van der Waals surface area contributed by atoms with Gasteiger partial charge in [0, 0.05) is 23.4 Å². The second-order valence-electron chi connectivity index (χ2n) is 5.97. The van der Waals surface area contributed by atoms with Crippen molar-refractivity contribution in [2.45, 2.75) is 12.5 Å². The minimum absolute atomic E-state index is 0.0328. The van der Waals surface area contributed by atoms with E-state index in [1.165, 1.54) is 22.7 Å². The van der Waals surface area contributed by atoms with Gasteiger partial charge in [0.1, 0.15) is 4.32 Å². The number of nitrogens with zero attached hydrogens (tertiary/aromatic N) is 1. The first-order valence-electron chi connectivity index (χ1n) is 7.95. The highest BCUT2D eigenvalue weighted by atomic mass is 35.5. The number of halogens is 1. The quantitative estimate of drug-likeness (QED) is 0.556. The lowest BCUT2D eigenvalue weighted by Gasteiger charge is -2.15. The maximum absolute atomic E-state index is 12.5. The van der Waals surface area contributed by atoms with Gasteiger partial charge in [0.15, 0.2) is 9.84 Å². The van der Waals surface area contributed by atoms with Crippen LogP contribution in [0.1, 0.15) is 12.0 Å². The topological polar surface area (TPSA) is 83.6 Å². The molecule has 27 heavy (non-hydrogen) atoms. The summed E-state index contributed by atoms with van der Waals surface area (Å²) in [6, 6.07) is 6.53. The Hall–Kier alpha value is -1.68. The fourth-order valence-corrected chi connectivity index (χ4v) is 5.23. The monoisotopic (exact) mass is 442 g/mol. The molecule has 0 unspecified atom stereocenters. The molecule has 2 aliphatic rings. The molecule has 0 aromatic heterocycles. The molecule has 2 amide bonds. The number of benzene rings is 1. The Kier molecular flexibility index (Phi) is 6.05. The second kappa shape index (κ2) is 8.14. The van der Waals surface area contributed by atoms with Gasteiger partial charge in [-0.2, -0.15) is 0 Å². The van der Waals surface area contributed by atoms with Gasteiger partial charge in [-0.05, 0) is 29.8 Å². The summed E-state index contributed by atoms with van der Waals surface area (Å²) in [5.41, 5.74) is 0.826. The van der Waals surface area contributed by atoms with Crippen LogP contribution < -0.4 is 5.32 Å². The maximum Gasteiger partial charge on any atom is 0.266 e. The number of hydrogen-bond acceptors (Lipinski definition) is 6. The summed E-state index contributed by atoms with van der Waals surface area (Å²) in [5, 5.41) is 4.33. The number of carbonyl (C=O) groups is 2. The number of carbonyl (C=O) groups excluding carboxylic acids is 2. The zero-order chi connectivity index (χ0) is 19.6. The largest absolute Gasteiger partial charge is 0.349 e. The van der Waals surface area contributed by atoms with Crippen molar-refractivity contribution in [3.05, 3.63) is 51.2 Å². The van der Waals surface area contributed by atoms with Crippen molar-refractivity contribution in [1.82, 2.24) is 10.2 Å². The molecule has 1 N–H and O–H groups in total. The molecule has 142 valence electrons. The molecule has 6 nitrogen and oxygen atoms in total. The Labute approximate surface area is 171 Å². The summed E-state index contributed by atoms with van der Waals surface area (Å²) in [6.45, 7) is 0.137. The Morgan fingerprint density at radius 2 is 2.07 bits per heavy atom. The molecule has 1 aromatic rings. The predicted molar refractivity (Wildman–Crippen MR) is 111 cm³/mol. The van der Waals surface area contributed by atoms with Crippen molar-refractivity contribution in [1.29, 1.82) is 0 Å². The number of rotatable bonds is 5. The molecular weight excluding hydrogens is 428 g/mol. The first-order valence-corrected chi connectivity index (χ1v) is 11.3. The van der Waals surface area contributed by atoms with Crippen LogP contribution in [-0.2, 0) is 19.4 Å². The summed E-state index contributed by atoms with van der Waals surface area (Å²) < 4.78 is 23.1. The van der Waals surface area contributed by atoms with Crippen molar-refractivity contribution in [2.24, 2.45) is 0 Å². The van der Waals surface area contributed by atoms with Gasteiger partial charge >= 0.3 is 0 Å². The minimum Gasteiger partial charge on any atom is -0.349 e. The molecule has 0 saturated carbocycles. The Balaban J connectivity index is 1.57. The number of sulfone groups is 1. The fourth-order valence-electron chi connectivity index (χ4n) is 2.56. The summed E-state index contributed by atoms with van der Waals surface area (Å²) >= 11 is 12.3. The lowest BCUT2D eigenvalue weighted by Crippen LogP contribution is -2.38. The Morgan fingerprint density at radius 3 is 2.70 bits per heavy atom. The summed E-state index contributed by atoms with van der Waals surface area (Å²) in [4.78, 5) is 26.4. The van der Waals surface area contributed by atoms with E-state index in [1.54, 1.807) is 30.3 Å². The minimum atomic E-state index is -3.23. The number of nitrogens with one attached hydrogen (secondary N) is 1. The molecule has 0 spiro atoms. The van der Waals surface area contributed by atoms with Crippen LogP contribution in [0.4, 0.5) is 0 Å². The van der Waals surface area contributed by atoms with Gasteiger partial charge < -0.3 is 5.32 Å². The van der Waals surface area contributed by atoms with E-state index in [0.717, 1.165) is 11.0 Å². The number of amides is 2. The standard InChI is InChI=1S/C17H15ClN2O4S3/c18-12-3-1-11(2-4-12)9-14-16(22)20(17(25)26-14)7-5-15(21)19-13-6-8-27(23,24)10-13/h1-4,6,8-9,13H,5,7,10H2,(H,19,21)/b14-9+/t13-/m1/s1. The average Bonchev–Trinajstić information content (AvgIpc) is 3.07. The van der Waals surface area contributed by atoms with Crippen LogP contribution in [0.3, 0.4) is 0 Å². The molecule has 10 heteroatoms. The number of thiocarbonyl (C=S) groups is 1. The highest BCUT2D eigenvalue weighted by Gasteiger charge is 2.32. The fraction of sp³-hybridized carbons (Fsp3) is 0.235. The Morgan fingerprint density at radius 1 is 1.37 bits per heavy atom. The SMILES string of the molecule is O=C(CCN1C(=O)/C(=C\c2ccc(Cl)cc2)SC1=S)N[C@@H]1C=CS(=O)(=O)C1. The van der Waals surface area contributed by atoms with Crippen LogP contribution in [0.2, 0.25) is 5.02 Å². The zero-order valence-electron chi connectivity index (χ0n) is 13.9. The van der Waals surface area contributed by atoms with E-state index < -0.39 is 15.9 Å². The normalized spacial score (nSPS) is 22.6. The highest BCUT2D eigenvalue weighted by molar-refractivity contribution is 8.26. The van der Waals surface area contributed by atoms with Crippen molar-refractivity contribution in [3.8, 4) is 0 Å². The van der Waals surface area contributed by atoms with Crippen LogP contribution in [0, 0.1) is 0 Å². The van der Waals surface area contributed by atoms with Gasteiger partial charge in [-0.3, -0.25) is 14.5 Å². The maximum atomic E-state index is 12.5. The highest BCUT2D eigenvalue weighted by Crippen LogP contribution is 2.32. The summed E-state index contributed by atoms with van der Waals surface area (Å²) in [6.07, 6.45) is 3.20. The Bertz CT molecular complexity index is 955. The first kappa shape index (κ1) is 20.1. The van der Waals surface area contributed by atoms with E-state index in [0.29, 0.717) is 14.2 Å². The molecule has 0 radical (unpaired) electrons. The predicted octanol–water partition coefficient (Wildman–Crippen LogP) is 2.36. The third-order valence-corrected chi connectivity index (χ3v) is 6.91. The smallest absolute Gasteiger partial charge is 0.266 e. The molecule has 2 heterocycles. The van der Waals surface area contributed by atoms with E-state index in [2.05, 4.69) is 5.32 Å². The van der Waals surface area contributed by atoms with Crippen molar-refractivity contribution in [2.75, 3.05) is 12.3 Å². The van der Waals surface area contributed by atoms with Crippen molar-refractivity contribution >= 4 is 67.6 Å². The van der Waals surface area contributed by atoms with Gasteiger partial charge in [0.25, 0.3) is 5.91 Å². The molecular formula is C17H15ClN2O4S3. The molecule has 0 aliphatic carbocycles. The molecule has 1 atom stereocenters. The summed E-state index contributed by atoms with van der Waals surface area (Å²) in [7, 11) is -3.23. The van der Waals surface area contributed by atoms with Crippen LogP contribution in [0.5, 0.6) is 0 Å². The lowest BCUT2D eigenvalue weighted by molar-refractivity contribution is -0.124. The van der Waals surface area contributed by atoms with Gasteiger partial charge in [-0.15, -0.1) is 0 Å². The number of thioether (sulfide) groups is 1. The molecule has 1 fully saturated rings. The average molecular weight is 443 g/mol. The first-order chi connectivity index (χ1) is 12.7. The van der Waals surface area contributed by atoms with Crippen LogP contribution in [0.25, 0.3) is 6.08 Å². The number of hydrogen-bond donors (Lipinski definition) is 1. The van der Waals surface area contributed by atoms with Crippen LogP contribution in [-0.4, -0.2) is 47.8 Å². The van der Waals surface area contributed by atoms with E-state index in [-0.39, 0.29) is 30.5 Å². The molecule has 3 rings (SSSR count). The van der Waals surface area contributed by atoms with E-state index in [4.69, 9.17) is 23.8 Å². The zero-order valence-corrected chi connectivity index (χ0v) is 17.1.